The summed E-state index contributed by atoms with van der Waals surface area (Å²) >= 11 is 0. The minimum absolute atomic E-state index is 0.354. The number of imidazole rings is 1. The summed E-state index contributed by atoms with van der Waals surface area (Å²) < 4.78 is 13.1. The average molecular weight is 298 g/mol. The van der Waals surface area contributed by atoms with Crippen molar-refractivity contribution in [2.75, 3.05) is 14.2 Å². The quantitative estimate of drug-likeness (QED) is 0.817. The maximum absolute atomic E-state index is 5.42. The van der Waals surface area contributed by atoms with Gasteiger partial charge in [0.2, 0.25) is 0 Å². The Bertz CT molecular complexity index is 684. The lowest BCUT2D eigenvalue weighted by Crippen LogP contribution is -2.19. The zero-order valence-corrected chi connectivity index (χ0v) is 13.2. The largest absolute Gasteiger partial charge is 0.496 e. The Morgan fingerprint density at radius 1 is 1.27 bits per heavy atom. The highest BCUT2D eigenvalue weighted by Crippen LogP contribution is 2.60. The normalized spacial score (nSPS) is 19.2. The second-order valence-corrected chi connectivity index (χ2v) is 6.46. The molecule has 116 valence electrons. The molecule has 2 fully saturated rings. The third-order valence-electron chi connectivity index (χ3n) is 5.06. The van der Waals surface area contributed by atoms with Crippen LogP contribution in [-0.4, -0.2) is 23.8 Å². The molecule has 4 nitrogen and oxygen atoms in total. The molecule has 1 aromatic heterocycles. The van der Waals surface area contributed by atoms with Crippen LogP contribution in [0, 0.1) is 5.92 Å². The summed E-state index contributed by atoms with van der Waals surface area (Å²) in [5, 5.41) is 0. The Kier molecular flexibility index (Phi) is 3.22. The molecule has 2 aliphatic carbocycles. The first-order valence-corrected chi connectivity index (χ1v) is 7.98. The molecular formula is C18H22N2O2. The van der Waals surface area contributed by atoms with Crippen LogP contribution >= 0.6 is 0 Å². The fourth-order valence-electron chi connectivity index (χ4n) is 3.66. The minimum atomic E-state index is 0.354. The van der Waals surface area contributed by atoms with E-state index in [-0.39, 0.29) is 0 Å². The monoisotopic (exact) mass is 298 g/mol. The molecule has 0 spiro atoms. The molecule has 0 atom stereocenters. The van der Waals surface area contributed by atoms with E-state index in [4.69, 9.17) is 9.47 Å². The summed E-state index contributed by atoms with van der Waals surface area (Å²) in [4.78, 5) is 4.64. The molecule has 2 aliphatic rings. The molecule has 2 aromatic rings. The van der Waals surface area contributed by atoms with Gasteiger partial charge in [-0.2, -0.15) is 0 Å². The molecule has 0 N–H and O–H groups in total. The van der Waals surface area contributed by atoms with Crippen molar-refractivity contribution in [3.63, 3.8) is 0 Å². The van der Waals surface area contributed by atoms with Gasteiger partial charge >= 0.3 is 0 Å². The fourth-order valence-corrected chi connectivity index (χ4v) is 3.66. The van der Waals surface area contributed by atoms with E-state index in [2.05, 4.69) is 27.9 Å². The zero-order valence-electron chi connectivity index (χ0n) is 13.2. The first-order valence-electron chi connectivity index (χ1n) is 7.98. The predicted octanol–water partition coefficient (Wildman–Crippen LogP) is 3.60. The van der Waals surface area contributed by atoms with Gasteiger partial charge in [-0.1, -0.05) is 0 Å². The van der Waals surface area contributed by atoms with Crippen LogP contribution in [0.15, 0.2) is 30.6 Å². The lowest BCUT2D eigenvalue weighted by atomic mass is 10.1. The van der Waals surface area contributed by atoms with Crippen molar-refractivity contribution >= 4 is 0 Å². The summed E-state index contributed by atoms with van der Waals surface area (Å²) in [6.07, 6.45) is 9.41. The van der Waals surface area contributed by atoms with E-state index >= 15 is 0 Å². The van der Waals surface area contributed by atoms with Crippen molar-refractivity contribution in [2.24, 2.45) is 5.92 Å². The number of aromatic nitrogens is 2. The second kappa shape index (κ2) is 5.13. The number of nitrogens with zero attached hydrogens (tertiary/aromatic N) is 2. The Balaban J connectivity index is 1.74. The smallest absolute Gasteiger partial charge is 0.140 e. The third-order valence-corrected chi connectivity index (χ3v) is 5.06. The van der Waals surface area contributed by atoms with E-state index in [9.17, 15) is 0 Å². The van der Waals surface area contributed by atoms with Crippen molar-refractivity contribution in [3.05, 3.63) is 36.2 Å². The summed E-state index contributed by atoms with van der Waals surface area (Å²) in [5.41, 5.74) is 2.56. The molecule has 0 unspecified atom stereocenters. The Labute approximate surface area is 131 Å². The summed E-state index contributed by atoms with van der Waals surface area (Å²) in [7, 11) is 3.40. The Hall–Kier alpha value is -1.81. The van der Waals surface area contributed by atoms with Crippen molar-refractivity contribution in [2.45, 2.75) is 37.8 Å². The van der Waals surface area contributed by atoms with Gasteiger partial charge in [0.1, 0.15) is 11.6 Å². The Morgan fingerprint density at radius 2 is 2.09 bits per heavy atom. The van der Waals surface area contributed by atoms with Crippen LogP contribution in [0.4, 0.5) is 0 Å². The van der Waals surface area contributed by atoms with Crippen LogP contribution in [0.3, 0.4) is 0 Å². The first-order chi connectivity index (χ1) is 10.8. The van der Waals surface area contributed by atoms with Gasteiger partial charge in [-0.3, -0.25) is 0 Å². The van der Waals surface area contributed by atoms with Gasteiger partial charge in [-0.15, -0.1) is 0 Å². The maximum atomic E-state index is 5.42. The van der Waals surface area contributed by atoms with Gasteiger partial charge in [0.05, 0.1) is 13.7 Å². The molecule has 2 saturated carbocycles. The standard InChI is InChI=1S/C18H22N2O2/c1-21-12-14-11-13(3-6-16(14)22-2)17-19-9-10-20(17)18(7-8-18)15-4-5-15/h3,6,9-11,15H,4-5,7-8,12H2,1-2H3. The maximum Gasteiger partial charge on any atom is 0.140 e. The number of benzene rings is 1. The molecule has 0 aliphatic heterocycles. The van der Waals surface area contributed by atoms with Gasteiger partial charge in [0.15, 0.2) is 0 Å². The average Bonchev–Trinajstić information content (AvgIpc) is 3.45. The molecule has 0 bridgehead atoms. The minimum Gasteiger partial charge on any atom is -0.496 e. The van der Waals surface area contributed by atoms with Crippen molar-refractivity contribution < 1.29 is 9.47 Å². The van der Waals surface area contributed by atoms with Crippen molar-refractivity contribution in [1.29, 1.82) is 0 Å². The van der Waals surface area contributed by atoms with E-state index in [0.29, 0.717) is 12.1 Å². The van der Waals surface area contributed by atoms with Crippen LogP contribution in [0.25, 0.3) is 11.4 Å². The molecule has 0 amide bonds. The molecule has 0 radical (unpaired) electrons. The van der Waals surface area contributed by atoms with Crippen molar-refractivity contribution in [1.82, 2.24) is 9.55 Å². The summed E-state index contributed by atoms with van der Waals surface area (Å²) in [5.74, 6) is 2.80. The lowest BCUT2D eigenvalue weighted by Gasteiger charge is -2.20. The SMILES string of the molecule is COCc1cc(-c2nccn2C2(C3CC3)CC2)ccc1OC. The molecule has 4 heteroatoms. The van der Waals surface area contributed by atoms with Crippen molar-refractivity contribution in [3.8, 4) is 17.1 Å². The van der Waals surface area contributed by atoms with E-state index in [1.165, 1.54) is 25.7 Å². The molecule has 4 rings (SSSR count). The molecular weight excluding hydrogens is 276 g/mol. The van der Waals surface area contributed by atoms with Gasteiger partial charge in [-0.25, -0.2) is 4.98 Å². The van der Waals surface area contributed by atoms with E-state index in [1.807, 2.05) is 12.3 Å². The van der Waals surface area contributed by atoms with Crippen LogP contribution in [0.2, 0.25) is 0 Å². The molecule has 22 heavy (non-hydrogen) atoms. The highest BCUT2D eigenvalue weighted by molar-refractivity contribution is 5.60. The van der Waals surface area contributed by atoms with Crippen LogP contribution < -0.4 is 4.74 Å². The predicted molar refractivity (Wildman–Crippen MR) is 84.9 cm³/mol. The highest BCUT2D eigenvalue weighted by atomic mass is 16.5. The van der Waals surface area contributed by atoms with Gasteiger partial charge < -0.3 is 14.0 Å². The van der Waals surface area contributed by atoms with Gasteiger partial charge in [0.25, 0.3) is 0 Å². The topological polar surface area (TPSA) is 36.3 Å². The van der Waals surface area contributed by atoms with Crippen LogP contribution in [0.1, 0.15) is 31.2 Å². The Morgan fingerprint density at radius 3 is 2.73 bits per heavy atom. The number of methoxy groups -OCH3 is 2. The third kappa shape index (κ3) is 2.13. The van der Waals surface area contributed by atoms with E-state index in [0.717, 1.165) is 28.6 Å². The highest BCUT2D eigenvalue weighted by Gasteiger charge is 2.55. The number of hydrogen-bond donors (Lipinski definition) is 0. The lowest BCUT2D eigenvalue weighted by molar-refractivity contribution is 0.181. The molecule has 1 heterocycles. The number of ether oxygens (including phenoxy) is 2. The van der Waals surface area contributed by atoms with Gasteiger partial charge in [0, 0.05) is 36.2 Å². The van der Waals surface area contributed by atoms with E-state index < -0.39 is 0 Å². The van der Waals surface area contributed by atoms with E-state index in [1.54, 1.807) is 14.2 Å². The second-order valence-electron chi connectivity index (χ2n) is 6.46. The zero-order chi connectivity index (χ0) is 15.2. The van der Waals surface area contributed by atoms with Crippen LogP contribution in [0.5, 0.6) is 5.75 Å². The number of rotatable bonds is 6. The summed E-state index contributed by atoms with van der Waals surface area (Å²) in [6, 6.07) is 6.25. The van der Waals surface area contributed by atoms with Gasteiger partial charge in [-0.05, 0) is 49.8 Å². The summed E-state index contributed by atoms with van der Waals surface area (Å²) in [6.45, 7) is 0.547. The fraction of sp³-hybridized carbons (Fsp3) is 0.500. The molecule has 0 saturated heterocycles. The molecule has 1 aromatic carbocycles. The number of hydrogen-bond acceptors (Lipinski definition) is 3. The van der Waals surface area contributed by atoms with Crippen LogP contribution in [-0.2, 0) is 16.9 Å². The first kappa shape index (κ1) is 13.8.